The molecule has 4 nitrogen and oxygen atoms in total. The zero-order chi connectivity index (χ0) is 11.6. The number of ketones is 1. The van der Waals surface area contributed by atoms with E-state index in [0.717, 1.165) is 18.2 Å². The van der Waals surface area contributed by atoms with E-state index >= 15 is 0 Å². The highest BCUT2D eigenvalue weighted by atomic mass is 79.9. The van der Waals surface area contributed by atoms with Gasteiger partial charge in [-0.2, -0.15) is 0 Å². The van der Waals surface area contributed by atoms with E-state index in [2.05, 4.69) is 31.9 Å². The Morgan fingerprint density at radius 2 is 2.07 bits per heavy atom. The molecule has 1 aromatic rings. The summed E-state index contributed by atoms with van der Waals surface area (Å²) < 4.78 is 12.1. The molecule has 1 rings (SSSR count). The van der Waals surface area contributed by atoms with Crippen molar-refractivity contribution in [1.29, 1.82) is 0 Å². The Hall–Kier alpha value is -0.820. The van der Waals surface area contributed by atoms with Crippen LogP contribution in [0.15, 0.2) is 18.2 Å². The van der Waals surface area contributed by atoms with Gasteiger partial charge in [0.2, 0.25) is 0 Å². The first-order valence-corrected chi connectivity index (χ1v) is 5.53. The van der Waals surface area contributed by atoms with Crippen molar-refractivity contribution in [3.05, 3.63) is 39.7 Å². The topological polar surface area (TPSA) is 60.2 Å². The maximum Gasteiger partial charge on any atom is 0.280 e. The fourth-order valence-corrected chi connectivity index (χ4v) is 1.48. The second-order valence-electron chi connectivity index (χ2n) is 2.58. The molecule has 0 aliphatic carbocycles. The van der Waals surface area contributed by atoms with Crippen LogP contribution in [-0.4, -0.2) is 14.4 Å². The molecule has 0 radical (unpaired) electrons. The van der Waals surface area contributed by atoms with Crippen molar-refractivity contribution < 1.29 is 14.1 Å². The maximum absolute atomic E-state index is 12.8. The van der Waals surface area contributed by atoms with Gasteiger partial charge >= 0.3 is 0 Å². The Morgan fingerprint density at radius 1 is 1.47 bits per heavy atom. The number of nitro benzene ring substituents is 1. The molecule has 0 amide bonds. The third-order valence-electron chi connectivity index (χ3n) is 1.62. The van der Waals surface area contributed by atoms with Crippen LogP contribution in [0.4, 0.5) is 10.1 Å². The number of Topliss-reactive ketones (excluding diaryl/α,β-unsaturated/α-hetero) is 1. The lowest BCUT2D eigenvalue weighted by Crippen LogP contribution is -2.10. The van der Waals surface area contributed by atoms with Crippen LogP contribution in [0.3, 0.4) is 0 Å². The van der Waals surface area contributed by atoms with Crippen LogP contribution in [0.25, 0.3) is 0 Å². The summed E-state index contributed by atoms with van der Waals surface area (Å²) in [5.74, 6) is -1.29. The summed E-state index contributed by atoms with van der Waals surface area (Å²) in [4.78, 5) is 21.3. The van der Waals surface area contributed by atoms with Gasteiger partial charge in [0.15, 0.2) is 5.78 Å². The summed E-state index contributed by atoms with van der Waals surface area (Å²) in [6.07, 6.45) is 0. The Morgan fingerprint density at radius 3 is 2.53 bits per heavy atom. The monoisotopic (exact) mass is 339 g/mol. The van der Waals surface area contributed by atoms with Gasteiger partial charge in [-0.15, -0.1) is 0 Å². The van der Waals surface area contributed by atoms with Crippen LogP contribution in [0.1, 0.15) is 10.4 Å². The minimum Gasteiger partial charge on any atom is -0.292 e. The lowest BCUT2D eigenvalue weighted by Gasteiger charge is -2.02. The van der Waals surface area contributed by atoms with E-state index in [-0.39, 0.29) is 5.56 Å². The molecule has 7 heteroatoms. The number of halogens is 3. The van der Waals surface area contributed by atoms with Gasteiger partial charge in [0.1, 0.15) is 15.1 Å². The molecule has 80 valence electrons. The summed E-state index contributed by atoms with van der Waals surface area (Å²) in [7, 11) is 0. The molecule has 0 spiro atoms. The second kappa shape index (κ2) is 4.80. The highest BCUT2D eigenvalue weighted by Gasteiger charge is 2.24. The van der Waals surface area contributed by atoms with Crippen molar-refractivity contribution in [2.24, 2.45) is 0 Å². The Kier molecular flexibility index (Phi) is 3.92. The third kappa shape index (κ3) is 2.82. The third-order valence-corrected chi connectivity index (χ3v) is 2.45. The van der Waals surface area contributed by atoms with Crippen LogP contribution >= 0.6 is 31.9 Å². The number of nitro groups is 1. The fourth-order valence-electron chi connectivity index (χ4n) is 0.982. The second-order valence-corrected chi connectivity index (χ2v) is 5.64. The van der Waals surface area contributed by atoms with Gasteiger partial charge < -0.3 is 0 Å². The molecule has 0 saturated heterocycles. The van der Waals surface area contributed by atoms with Gasteiger partial charge in [0.25, 0.3) is 5.69 Å². The van der Waals surface area contributed by atoms with E-state index in [1.165, 1.54) is 0 Å². The summed E-state index contributed by atoms with van der Waals surface area (Å²) in [5.41, 5.74) is -0.677. The molecule has 15 heavy (non-hydrogen) atoms. The van der Waals surface area contributed by atoms with Crippen LogP contribution in [0, 0.1) is 15.9 Å². The van der Waals surface area contributed by atoms with Gasteiger partial charge in [-0.25, -0.2) is 4.39 Å². The number of benzene rings is 1. The van der Waals surface area contributed by atoms with Crippen molar-refractivity contribution >= 4 is 43.3 Å². The standard InChI is InChI=1S/C8H4Br2FNO3/c9-8(10)7(13)5-3-4(11)1-2-6(5)12(14)15/h1-3,8H. The number of carbonyl (C=O) groups excluding carboxylic acids is 1. The van der Waals surface area contributed by atoms with E-state index in [1.807, 2.05) is 0 Å². The highest BCUT2D eigenvalue weighted by Crippen LogP contribution is 2.24. The molecule has 0 N–H and O–H groups in total. The van der Waals surface area contributed by atoms with Crippen molar-refractivity contribution in [2.75, 3.05) is 0 Å². The van der Waals surface area contributed by atoms with Crippen LogP contribution in [-0.2, 0) is 0 Å². The first kappa shape index (κ1) is 12.3. The molecular weight excluding hydrogens is 337 g/mol. The number of rotatable bonds is 3. The van der Waals surface area contributed by atoms with Crippen LogP contribution in [0.5, 0.6) is 0 Å². The van der Waals surface area contributed by atoms with Gasteiger partial charge in [-0.3, -0.25) is 14.9 Å². The molecule has 0 fully saturated rings. The Labute approximate surface area is 101 Å². The Bertz CT molecular complexity index is 422. The molecule has 0 heterocycles. The molecule has 0 bridgehead atoms. The number of hydrogen-bond acceptors (Lipinski definition) is 3. The molecule has 0 unspecified atom stereocenters. The zero-order valence-corrected chi connectivity index (χ0v) is 10.3. The predicted molar refractivity (Wildman–Crippen MR) is 59.0 cm³/mol. The largest absolute Gasteiger partial charge is 0.292 e. The summed E-state index contributed by atoms with van der Waals surface area (Å²) in [5, 5.41) is 10.6. The smallest absolute Gasteiger partial charge is 0.280 e. The van der Waals surface area contributed by atoms with Gasteiger partial charge in [-0.1, -0.05) is 31.9 Å². The molecule has 1 aromatic carbocycles. The molecule has 0 aromatic heterocycles. The van der Waals surface area contributed by atoms with E-state index in [0.29, 0.717) is 0 Å². The van der Waals surface area contributed by atoms with Crippen LogP contribution < -0.4 is 0 Å². The molecule has 0 atom stereocenters. The van der Waals surface area contributed by atoms with Crippen molar-refractivity contribution in [1.82, 2.24) is 0 Å². The summed E-state index contributed by atoms with van der Waals surface area (Å²) in [6, 6.07) is 2.74. The molecule has 0 aliphatic heterocycles. The van der Waals surface area contributed by atoms with Gasteiger partial charge in [-0.05, 0) is 12.1 Å². The summed E-state index contributed by atoms with van der Waals surface area (Å²) in [6.45, 7) is 0. The normalized spacial score (nSPS) is 10.4. The van der Waals surface area contributed by atoms with Crippen molar-refractivity contribution in [3.63, 3.8) is 0 Å². The predicted octanol–water partition coefficient (Wildman–Crippen LogP) is 3.03. The van der Waals surface area contributed by atoms with E-state index in [1.54, 1.807) is 0 Å². The van der Waals surface area contributed by atoms with Crippen LogP contribution in [0.2, 0.25) is 0 Å². The summed E-state index contributed by atoms with van der Waals surface area (Å²) >= 11 is 5.81. The number of alkyl halides is 2. The van der Waals surface area contributed by atoms with E-state index in [9.17, 15) is 19.3 Å². The number of carbonyl (C=O) groups is 1. The lowest BCUT2D eigenvalue weighted by atomic mass is 10.1. The average molecular weight is 341 g/mol. The number of nitrogens with zero attached hydrogens (tertiary/aromatic N) is 1. The zero-order valence-electron chi connectivity index (χ0n) is 7.12. The van der Waals surface area contributed by atoms with E-state index in [4.69, 9.17) is 0 Å². The minimum absolute atomic E-state index is 0.265. The number of hydrogen-bond donors (Lipinski definition) is 0. The Balaban J connectivity index is 3.30. The van der Waals surface area contributed by atoms with Crippen molar-refractivity contribution in [2.45, 2.75) is 3.74 Å². The first-order valence-electron chi connectivity index (χ1n) is 3.70. The average Bonchev–Trinajstić information content (AvgIpc) is 2.15. The lowest BCUT2D eigenvalue weighted by molar-refractivity contribution is -0.385. The van der Waals surface area contributed by atoms with Gasteiger partial charge in [0.05, 0.1) is 4.92 Å². The molecular formula is C8H4Br2FNO3. The maximum atomic E-state index is 12.8. The minimum atomic E-state index is -0.773. The van der Waals surface area contributed by atoms with Gasteiger partial charge in [0, 0.05) is 6.07 Å². The molecule has 0 aliphatic rings. The quantitative estimate of drug-likeness (QED) is 0.368. The fraction of sp³-hybridized carbons (Fsp3) is 0.125. The first-order chi connectivity index (χ1) is 6.93. The van der Waals surface area contributed by atoms with E-state index < -0.39 is 25.9 Å². The highest BCUT2D eigenvalue weighted by molar-refractivity contribution is 9.25. The van der Waals surface area contributed by atoms with Crippen molar-refractivity contribution in [3.8, 4) is 0 Å². The molecule has 0 saturated carbocycles. The SMILES string of the molecule is O=C(c1cc(F)ccc1[N+](=O)[O-])C(Br)Br.